The molecule has 2 N–H and O–H groups in total. The highest BCUT2D eigenvalue weighted by molar-refractivity contribution is 5.80. The lowest BCUT2D eigenvalue weighted by Crippen LogP contribution is -2.36. The maximum absolute atomic E-state index is 11.9. The Morgan fingerprint density at radius 3 is 2.44 bits per heavy atom. The number of aliphatic hydroxyl groups is 2. The van der Waals surface area contributed by atoms with Gasteiger partial charge in [0.1, 0.15) is 6.29 Å². The van der Waals surface area contributed by atoms with Crippen LogP contribution in [0.5, 0.6) is 0 Å². The van der Waals surface area contributed by atoms with Crippen molar-refractivity contribution in [2.75, 3.05) is 26.3 Å². The Morgan fingerprint density at radius 2 is 1.89 bits per heavy atom. The number of nitrogens with zero attached hydrogens (tertiary/aromatic N) is 1. The van der Waals surface area contributed by atoms with E-state index in [4.69, 9.17) is 10.2 Å². The SMILES string of the molecule is O=Cc1cccc(CC(=O)N(CCO)CCO)c1. The van der Waals surface area contributed by atoms with Gasteiger partial charge in [-0.15, -0.1) is 0 Å². The predicted octanol–water partition coefficient (Wildman–Crippen LogP) is -0.145. The van der Waals surface area contributed by atoms with E-state index in [1.165, 1.54) is 4.90 Å². The molecule has 18 heavy (non-hydrogen) atoms. The molecule has 5 nitrogen and oxygen atoms in total. The fourth-order valence-electron chi connectivity index (χ4n) is 1.67. The van der Waals surface area contributed by atoms with Crippen molar-refractivity contribution in [1.29, 1.82) is 0 Å². The molecule has 1 aromatic carbocycles. The number of amides is 1. The number of carbonyl (C=O) groups is 2. The minimum absolute atomic E-state index is 0.139. The van der Waals surface area contributed by atoms with E-state index in [1.807, 2.05) is 0 Å². The molecule has 0 fully saturated rings. The molecule has 0 bridgehead atoms. The second kappa shape index (κ2) is 7.58. The molecule has 1 rings (SSSR count). The van der Waals surface area contributed by atoms with Crippen LogP contribution in [0.2, 0.25) is 0 Å². The minimum Gasteiger partial charge on any atom is -0.395 e. The van der Waals surface area contributed by atoms with Gasteiger partial charge in [0.2, 0.25) is 5.91 Å². The Hall–Kier alpha value is -1.72. The van der Waals surface area contributed by atoms with Crippen molar-refractivity contribution >= 4 is 12.2 Å². The van der Waals surface area contributed by atoms with Crippen LogP contribution in [0.3, 0.4) is 0 Å². The summed E-state index contributed by atoms with van der Waals surface area (Å²) in [4.78, 5) is 23.9. The maximum Gasteiger partial charge on any atom is 0.227 e. The molecule has 1 aromatic rings. The van der Waals surface area contributed by atoms with Crippen molar-refractivity contribution in [3.8, 4) is 0 Å². The highest BCUT2D eigenvalue weighted by Crippen LogP contribution is 2.06. The second-order valence-corrected chi connectivity index (χ2v) is 3.87. The summed E-state index contributed by atoms with van der Waals surface area (Å²) in [7, 11) is 0. The fraction of sp³-hybridized carbons (Fsp3) is 0.385. The van der Waals surface area contributed by atoms with Crippen LogP contribution >= 0.6 is 0 Å². The summed E-state index contributed by atoms with van der Waals surface area (Å²) < 4.78 is 0. The Kier molecular flexibility index (Phi) is 6.04. The lowest BCUT2D eigenvalue weighted by atomic mass is 10.1. The third kappa shape index (κ3) is 4.27. The molecule has 0 unspecified atom stereocenters. The Balaban J connectivity index is 2.68. The van der Waals surface area contributed by atoms with Gasteiger partial charge >= 0.3 is 0 Å². The number of carbonyl (C=O) groups excluding carboxylic acids is 2. The normalized spacial score (nSPS) is 10.1. The zero-order chi connectivity index (χ0) is 13.4. The largest absolute Gasteiger partial charge is 0.395 e. The van der Waals surface area contributed by atoms with Crippen LogP contribution in [0.25, 0.3) is 0 Å². The summed E-state index contributed by atoms with van der Waals surface area (Å²) in [6.07, 6.45) is 0.884. The molecule has 5 heteroatoms. The summed E-state index contributed by atoms with van der Waals surface area (Å²) in [5.74, 6) is -0.179. The van der Waals surface area contributed by atoms with Crippen LogP contribution in [0, 0.1) is 0 Å². The zero-order valence-corrected chi connectivity index (χ0v) is 10.1. The van der Waals surface area contributed by atoms with E-state index in [2.05, 4.69) is 0 Å². The van der Waals surface area contributed by atoms with Gasteiger partial charge in [-0.25, -0.2) is 0 Å². The number of hydrogen-bond donors (Lipinski definition) is 2. The van der Waals surface area contributed by atoms with Gasteiger partial charge in [-0.05, 0) is 11.6 Å². The molecule has 0 radical (unpaired) electrons. The summed E-state index contributed by atoms with van der Waals surface area (Å²) in [5, 5.41) is 17.7. The van der Waals surface area contributed by atoms with Crippen molar-refractivity contribution < 1.29 is 19.8 Å². The molecule has 0 aliphatic heterocycles. The molecule has 98 valence electrons. The Bertz CT molecular complexity index is 400. The van der Waals surface area contributed by atoms with Crippen LogP contribution in [0.4, 0.5) is 0 Å². The molecule has 0 atom stereocenters. The molecular weight excluding hydrogens is 234 g/mol. The molecule has 0 saturated heterocycles. The van der Waals surface area contributed by atoms with Gasteiger partial charge in [-0.3, -0.25) is 9.59 Å². The predicted molar refractivity (Wildman–Crippen MR) is 66.3 cm³/mol. The van der Waals surface area contributed by atoms with E-state index < -0.39 is 0 Å². The number of rotatable bonds is 7. The van der Waals surface area contributed by atoms with Gasteiger partial charge in [0.05, 0.1) is 19.6 Å². The Labute approximate surface area is 106 Å². The smallest absolute Gasteiger partial charge is 0.227 e. The van der Waals surface area contributed by atoms with Crippen LogP contribution in [-0.2, 0) is 11.2 Å². The van der Waals surface area contributed by atoms with Crippen LogP contribution < -0.4 is 0 Å². The van der Waals surface area contributed by atoms with E-state index >= 15 is 0 Å². The molecule has 0 saturated carbocycles. The van der Waals surface area contributed by atoms with E-state index in [-0.39, 0.29) is 38.6 Å². The van der Waals surface area contributed by atoms with Crippen LogP contribution in [-0.4, -0.2) is 53.6 Å². The second-order valence-electron chi connectivity index (χ2n) is 3.87. The first-order valence-electron chi connectivity index (χ1n) is 5.75. The van der Waals surface area contributed by atoms with Gasteiger partial charge in [0.25, 0.3) is 0 Å². The highest BCUT2D eigenvalue weighted by atomic mass is 16.3. The first-order chi connectivity index (χ1) is 8.71. The summed E-state index contributed by atoms with van der Waals surface area (Å²) >= 11 is 0. The summed E-state index contributed by atoms with van der Waals surface area (Å²) in [5.41, 5.74) is 1.27. The molecule has 0 heterocycles. The number of aldehydes is 1. The van der Waals surface area contributed by atoms with Crippen molar-refractivity contribution in [1.82, 2.24) is 4.90 Å². The molecule has 1 amide bonds. The monoisotopic (exact) mass is 251 g/mol. The quantitative estimate of drug-likeness (QED) is 0.661. The highest BCUT2D eigenvalue weighted by Gasteiger charge is 2.13. The lowest BCUT2D eigenvalue weighted by molar-refractivity contribution is -0.131. The van der Waals surface area contributed by atoms with Crippen molar-refractivity contribution in [3.05, 3.63) is 35.4 Å². The number of hydrogen-bond acceptors (Lipinski definition) is 4. The van der Waals surface area contributed by atoms with Crippen LogP contribution in [0.1, 0.15) is 15.9 Å². The van der Waals surface area contributed by atoms with Crippen molar-refractivity contribution in [3.63, 3.8) is 0 Å². The van der Waals surface area contributed by atoms with Gasteiger partial charge in [0.15, 0.2) is 0 Å². The lowest BCUT2D eigenvalue weighted by Gasteiger charge is -2.20. The Morgan fingerprint density at radius 1 is 1.22 bits per heavy atom. The average Bonchev–Trinajstić information content (AvgIpc) is 2.38. The minimum atomic E-state index is -0.179. The third-order valence-electron chi connectivity index (χ3n) is 2.54. The van der Waals surface area contributed by atoms with Gasteiger partial charge in [-0.2, -0.15) is 0 Å². The zero-order valence-electron chi connectivity index (χ0n) is 10.1. The number of benzene rings is 1. The first-order valence-corrected chi connectivity index (χ1v) is 5.75. The van der Waals surface area contributed by atoms with Crippen molar-refractivity contribution in [2.24, 2.45) is 0 Å². The topological polar surface area (TPSA) is 77.8 Å². The molecular formula is C13H17NO4. The molecule has 0 aliphatic rings. The first kappa shape index (κ1) is 14.3. The molecule has 0 spiro atoms. The van der Waals surface area contributed by atoms with E-state index in [1.54, 1.807) is 24.3 Å². The van der Waals surface area contributed by atoms with E-state index in [9.17, 15) is 9.59 Å². The molecule has 0 aromatic heterocycles. The van der Waals surface area contributed by atoms with Crippen molar-refractivity contribution in [2.45, 2.75) is 6.42 Å². The van der Waals surface area contributed by atoms with Crippen LogP contribution in [0.15, 0.2) is 24.3 Å². The van der Waals surface area contributed by atoms with Gasteiger partial charge in [0, 0.05) is 18.7 Å². The summed E-state index contributed by atoms with van der Waals surface area (Å²) in [6, 6.07) is 6.80. The summed E-state index contributed by atoms with van der Waals surface area (Å²) in [6.45, 7) is 0.125. The molecule has 0 aliphatic carbocycles. The number of aliphatic hydroxyl groups excluding tert-OH is 2. The average molecular weight is 251 g/mol. The standard InChI is InChI=1S/C13H17NO4/c15-6-4-14(5-7-16)13(18)9-11-2-1-3-12(8-11)10-17/h1-3,8,10,15-16H,4-7,9H2. The van der Waals surface area contributed by atoms with E-state index in [0.717, 1.165) is 11.8 Å². The van der Waals surface area contributed by atoms with Gasteiger partial charge in [-0.1, -0.05) is 18.2 Å². The fourth-order valence-corrected chi connectivity index (χ4v) is 1.67. The third-order valence-corrected chi connectivity index (χ3v) is 2.54. The van der Waals surface area contributed by atoms with Gasteiger partial charge < -0.3 is 15.1 Å². The maximum atomic E-state index is 11.9. The van der Waals surface area contributed by atoms with E-state index in [0.29, 0.717) is 5.56 Å².